The smallest absolute Gasteiger partial charge is 0.410 e. The average Bonchev–Trinajstić information content (AvgIpc) is 3.06. The molecule has 3 aromatic carbocycles. The average molecular weight is 701 g/mol. The zero-order chi connectivity index (χ0) is 34.9. The number of hydrogen-bond donors (Lipinski definition) is 0. The van der Waals surface area contributed by atoms with Crippen LogP contribution in [0.1, 0.15) is 49.8 Å². The van der Waals surface area contributed by atoms with Crippen molar-refractivity contribution in [3.63, 3.8) is 0 Å². The molecule has 9 heteroatoms. The first kappa shape index (κ1) is 36.9. The Labute approximate surface area is 297 Å². The van der Waals surface area contributed by atoms with Crippen LogP contribution in [0.3, 0.4) is 0 Å². The minimum absolute atomic E-state index is 0.145. The van der Waals surface area contributed by atoms with E-state index >= 15 is 0 Å². The van der Waals surface area contributed by atoms with Crippen molar-refractivity contribution < 1.29 is 23.7 Å². The molecule has 0 aliphatic carbocycles. The minimum Gasteiger partial charge on any atom is -0.467 e. The maximum Gasteiger partial charge on any atom is 0.410 e. The molecule has 1 fully saturated rings. The van der Waals surface area contributed by atoms with Gasteiger partial charge in [-0.05, 0) is 86.0 Å². The van der Waals surface area contributed by atoms with E-state index in [4.69, 9.17) is 18.9 Å². The van der Waals surface area contributed by atoms with Gasteiger partial charge in [0, 0.05) is 44.5 Å². The Morgan fingerprint density at radius 2 is 1.76 bits per heavy atom. The molecule has 2 atom stereocenters. The van der Waals surface area contributed by atoms with Crippen molar-refractivity contribution in [2.24, 2.45) is 0 Å². The number of piperidine rings is 1. The highest BCUT2D eigenvalue weighted by Crippen LogP contribution is 2.34. The van der Waals surface area contributed by atoms with E-state index in [-0.39, 0.29) is 24.9 Å². The molecule has 4 aromatic rings. The van der Waals surface area contributed by atoms with Crippen LogP contribution in [0.15, 0.2) is 90.1 Å². The molecule has 1 amide bonds. The number of benzene rings is 3. The standard InChI is InChI=1S/C40H52N2O5SSi/c1-40(2,3)47-39(43)42-21-18-35(32-16-14-30(15-17-32)19-23-48-38-13-9-10-20-41-38)37(27-42)45-28-31-25-33-11-7-8-12-34(33)36(26-31)46-29-44-22-24-49(4,5)6/h7-17,20,25-26,35,37H,18-19,21-24,27-29H2,1-6H3. The van der Waals surface area contributed by atoms with Gasteiger partial charge in [0.05, 0.1) is 24.3 Å². The zero-order valence-corrected chi connectivity index (χ0v) is 31.8. The van der Waals surface area contributed by atoms with Gasteiger partial charge in [-0.2, -0.15) is 0 Å². The highest BCUT2D eigenvalue weighted by Gasteiger charge is 2.35. The van der Waals surface area contributed by atoms with Gasteiger partial charge in [0.15, 0.2) is 6.79 Å². The highest BCUT2D eigenvalue weighted by molar-refractivity contribution is 7.99. The van der Waals surface area contributed by atoms with Crippen molar-refractivity contribution in [3.8, 4) is 5.75 Å². The van der Waals surface area contributed by atoms with E-state index < -0.39 is 13.7 Å². The number of carbonyl (C=O) groups is 1. The lowest BCUT2D eigenvalue weighted by Gasteiger charge is -2.39. The van der Waals surface area contributed by atoms with Gasteiger partial charge in [0.25, 0.3) is 0 Å². The number of thioether (sulfide) groups is 1. The Morgan fingerprint density at radius 1 is 0.980 bits per heavy atom. The molecule has 262 valence electrons. The van der Waals surface area contributed by atoms with Crippen LogP contribution in [0.4, 0.5) is 4.79 Å². The predicted octanol–water partition coefficient (Wildman–Crippen LogP) is 9.57. The molecule has 2 unspecified atom stereocenters. The Hall–Kier alpha value is -3.37. The Kier molecular flexibility index (Phi) is 12.8. The summed E-state index contributed by atoms with van der Waals surface area (Å²) >= 11 is 1.77. The van der Waals surface area contributed by atoms with Crippen LogP contribution in [0.2, 0.25) is 25.7 Å². The summed E-state index contributed by atoms with van der Waals surface area (Å²) in [5, 5.41) is 3.19. The summed E-state index contributed by atoms with van der Waals surface area (Å²) in [6, 6.07) is 28.5. The number of carbonyl (C=O) groups excluding carboxylic acids is 1. The van der Waals surface area contributed by atoms with Crippen LogP contribution in [-0.2, 0) is 27.2 Å². The second-order valence-electron chi connectivity index (χ2n) is 15.0. The van der Waals surface area contributed by atoms with E-state index in [1.54, 1.807) is 16.7 Å². The van der Waals surface area contributed by atoms with Gasteiger partial charge >= 0.3 is 6.09 Å². The van der Waals surface area contributed by atoms with E-state index in [1.165, 1.54) is 11.1 Å². The van der Waals surface area contributed by atoms with Crippen LogP contribution in [0.5, 0.6) is 5.75 Å². The Bertz CT molecular complexity index is 1640. The number of nitrogens with zero attached hydrogens (tertiary/aromatic N) is 2. The second-order valence-corrected chi connectivity index (χ2v) is 21.7. The van der Waals surface area contributed by atoms with Crippen LogP contribution in [-0.4, -0.2) is 68.0 Å². The summed E-state index contributed by atoms with van der Waals surface area (Å²) in [5.74, 6) is 1.90. The number of aromatic nitrogens is 1. The largest absolute Gasteiger partial charge is 0.467 e. The molecular formula is C40H52N2O5SSi. The lowest BCUT2D eigenvalue weighted by Crippen LogP contribution is -2.48. The van der Waals surface area contributed by atoms with E-state index in [0.717, 1.165) is 51.7 Å². The van der Waals surface area contributed by atoms with Gasteiger partial charge in [-0.15, -0.1) is 11.8 Å². The molecule has 2 heterocycles. The summed E-state index contributed by atoms with van der Waals surface area (Å²) in [5.41, 5.74) is 2.98. The number of rotatable bonds is 14. The van der Waals surface area contributed by atoms with Crippen molar-refractivity contribution in [2.75, 3.05) is 32.2 Å². The monoisotopic (exact) mass is 700 g/mol. The molecule has 0 bridgehead atoms. The van der Waals surface area contributed by atoms with Crippen LogP contribution >= 0.6 is 11.8 Å². The molecule has 0 N–H and O–H groups in total. The Balaban J connectivity index is 1.28. The van der Waals surface area contributed by atoms with Crippen molar-refractivity contribution in [1.29, 1.82) is 0 Å². The topological polar surface area (TPSA) is 70.1 Å². The third-order valence-electron chi connectivity index (χ3n) is 8.54. The molecule has 0 radical (unpaired) electrons. The first-order chi connectivity index (χ1) is 23.4. The van der Waals surface area contributed by atoms with Crippen molar-refractivity contribution >= 4 is 36.7 Å². The molecule has 49 heavy (non-hydrogen) atoms. The quantitative estimate of drug-likeness (QED) is 0.0562. The second kappa shape index (κ2) is 17.0. The summed E-state index contributed by atoms with van der Waals surface area (Å²) in [6.07, 6.45) is 3.10. The molecule has 1 aliphatic rings. The summed E-state index contributed by atoms with van der Waals surface area (Å²) in [4.78, 5) is 19.3. The number of fused-ring (bicyclic) bond motifs is 1. The number of aryl methyl sites for hydroxylation is 1. The first-order valence-corrected chi connectivity index (χ1v) is 22.1. The maximum atomic E-state index is 13.1. The van der Waals surface area contributed by atoms with Gasteiger partial charge in [-0.3, -0.25) is 0 Å². The van der Waals surface area contributed by atoms with E-state index in [1.807, 2.05) is 57.3 Å². The molecule has 0 saturated carbocycles. The zero-order valence-electron chi connectivity index (χ0n) is 29.9. The summed E-state index contributed by atoms with van der Waals surface area (Å²) < 4.78 is 24.5. The van der Waals surface area contributed by atoms with E-state index in [0.29, 0.717) is 26.3 Å². The number of amides is 1. The summed E-state index contributed by atoms with van der Waals surface area (Å²) in [7, 11) is -1.17. The third-order valence-corrected chi connectivity index (χ3v) is 11.2. The molecular weight excluding hydrogens is 649 g/mol. The molecule has 1 aliphatic heterocycles. The fraction of sp³-hybridized carbons (Fsp3) is 0.450. The van der Waals surface area contributed by atoms with Gasteiger partial charge in [0.1, 0.15) is 11.4 Å². The number of pyridine rings is 1. The number of likely N-dealkylation sites (tertiary alicyclic amines) is 1. The maximum absolute atomic E-state index is 13.1. The van der Waals surface area contributed by atoms with E-state index in [2.05, 4.69) is 73.2 Å². The van der Waals surface area contributed by atoms with Gasteiger partial charge in [-0.25, -0.2) is 9.78 Å². The van der Waals surface area contributed by atoms with Gasteiger partial charge < -0.3 is 23.8 Å². The number of hydrogen-bond acceptors (Lipinski definition) is 7. The van der Waals surface area contributed by atoms with Crippen molar-refractivity contribution in [1.82, 2.24) is 9.88 Å². The number of ether oxygens (including phenoxy) is 4. The molecule has 0 spiro atoms. The molecule has 1 saturated heterocycles. The normalized spacial score (nSPS) is 16.9. The SMILES string of the molecule is CC(C)(C)OC(=O)N1CCC(c2ccc(CCSc3ccccn3)cc2)C(OCc2cc(OCOCC[Si](C)(C)C)c3ccccc3c2)C1. The predicted molar refractivity (Wildman–Crippen MR) is 202 cm³/mol. The fourth-order valence-corrected chi connectivity index (χ4v) is 7.49. The summed E-state index contributed by atoms with van der Waals surface area (Å²) in [6.45, 7) is 15.1. The Morgan fingerprint density at radius 3 is 2.49 bits per heavy atom. The lowest BCUT2D eigenvalue weighted by molar-refractivity contribution is -0.0360. The van der Waals surface area contributed by atoms with Crippen LogP contribution in [0.25, 0.3) is 10.8 Å². The fourth-order valence-electron chi connectivity index (χ4n) is 5.88. The highest BCUT2D eigenvalue weighted by atomic mass is 32.2. The molecule has 5 rings (SSSR count). The van der Waals surface area contributed by atoms with Crippen LogP contribution < -0.4 is 4.74 Å². The molecule has 1 aromatic heterocycles. The van der Waals surface area contributed by atoms with Gasteiger partial charge in [0.2, 0.25) is 0 Å². The lowest BCUT2D eigenvalue weighted by atomic mass is 9.86. The van der Waals surface area contributed by atoms with E-state index in [9.17, 15) is 4.79 Å². The van der Waals surface area contributed by atoms with Crippen LogP contribution in [0, 0.1) is 0 Å². The van der Waals surface area contributed by atoms with Gasteiger partial charge in [-0.1, -0.05) is 74.2 Å². The minimum atomic E-state index is -1.17. The van der Waals surface area contributed by atoms with Crippen molar-refractivity contribution in [3.05, 3.63) is 102 Å². The van der Waals surface area contributed by atoms with Crippen molar-refractivity contribution in [2.45, 2.75) is 88.6 Å². The first-order valence-electron chi connectivity index (χ1n) is 17.4. The molecule has 7 nitrogen and oxygen atoms in total. The third kappa shape index (κ3) is 11.6.